The van der Waals surface area contributed by atoms with Crippen molar-refractivity contribution in [1.29, 1.82) is 0 Å². The fourth-order valence-electron chi connectivity index (χ4n) is 5.13. The molecule has 0 aliphatic carbocycles. The summed E-state index contributed by atoms with van der Waals surface area (Å²) < 4.78 is 58.5. The van der Waals surface area contributed by atoms with E-state index in [-0.39, 0.29) is 24.6 Å². The molecule has 7 nitrogen and oxygen atoms in total. The van der Waals surface area contributed by atoms with Crippen LogP contribution in [0.25, 0.3) is 0 Å². The first-order chi connectivity index (χ1) is 17.1. The molecule has 1 amide bonds. The molecule has 2 aliphatic heterocycles. The molecule has 1 saturated heterocycles. The molecule has 0 radical (unpaired) electrons. The Labute approximate surface area is 204 Å². The summed E-state index contributed by atoms with van der Waals surface area (Å²) in [4.78, 5) is 28.4. The van der Waals surface area contributed by atoms with E-state index in [0.717, 1.165) is 11.8 Å². The molecule has 3 atom stereocenters. The Morgan fingerprint density at radius 1 is 1.14 bits per heavy atom. The van der Waals surface area contributed by atoms with Gasteiger partial charge in [-0.3, -0.25) is 19.2 Å². The number of benzene rings is 1. The maximum atomic E-state index is 14.7. The van der Waals surface area contributed by atoms with Gasteiger partial charge in [-0.15, -0.1) is 0 Å². The van der Waals surface area contributed by atoms with Gasteiger partial charge in [0.15, 0.2) is 5.82 Å². The van der Waals surface area contributed by atoms with Crippen molar-refractivity contribution in [3.8, 4) is 0 Å². The molecule has 0 spiro atoms. The average molecular weight is 504 g/mol. The van der Waals surface area contributed by atoms with Gasteiger partial charge in [0.1, 0.15) is 11.6 Å². The van der Waals surface area contributed by atoms with Crippen LogP contribution in [-0.2, 0) is 11.3 Å². The number of anilines is 1. The van der Waals surface area contributed by atoms with E-state index in [1.54, 1.807) is 22.6 Å². The van der Waals surface area contributed by atoms with Crippen LogP contribution in [0.1, 0.15) is 48.4 Å². The first kappa shape index (κ1) is 24.2. The van der Waals surface area contributed by atoms with Crippen LogP contribution < -0.4 is 10.9 Å². The van der Waals surface area contributed by atoms with E-state index >= 15 is 0 Å². The number of hydrogen-bond acceptors (Lipinski definition) is 4. The topological polar surface area (TPSA) is 83.0 Å². The number of rotatable bonds is 5. The van der Waals surface area contributed by atoms with Crippen LogP contribution in [-0.4, -0.2) is 50.6 Å². The number of aromatic amines is 1. The molecule has 3 aromatic rings. The van der Waals surface area contributed by atoms with Gasteiger partial charge in [-0.05, 0) is 36.6 Å². The molecular formula is C25H25F4N5O2. The van der Waals surface area contributed by atoms with Crippen molar-refractivity contribution in [2.75, 3.05) is 18.4 Å². The number of halogens is 4. The molecule has 11 heteroatoms. The van der Waals surface area contributed by atoms with E-state index in [1.807, 2.05) is 0 Å². The number of carbonyl (C=O) groups is 1. The predicted molar refractivity (Wildman–Crippen MR) is 124 cm³/mol. The molecule has 1 fully saturated rings. The standard InChI is InChI=1S/C25H25F4N5O2/c1-14(33-7-5-25(28,29)20(13-33)15-2-3-23(35)30-12-15)24(36)31-22-11-21-19(4-6-34(21)32-22)16-8-17(26)10-18(27)9-16/h2-3,8-12,14,19-20H,4-7,13H2,1H3,(H,30,35)(H,31,32,36)/t14-,19+,20+/m0/s1. The Morgan fingerprint density at radius 2 is 1.89 bits per heavy atom. The quantitative estimate of drug-likeness (QED) is 0.519. The molecule has 5 rings (SSSR count). The number of pyridine rings is 1. The summed E-state index contributed by atoms with van der Waals surface area (Å²) in [6, 6.07) is 6.97. The second-order valence-corrected chi connectivity index (χ2v) is 9.43. The third-order valence-corrected chi connectivity index (χ3v) is 7.13. The Balaban J connectivity index is 1.29. The lowest BCUT2D eigenvalue weighted by molar-refractivity contribution is -0.125. The number of aromatic nitrogens is 3. The normalized spacial score (nSPS) is 22.2. The van der Waals surface area contributed by atoms with Crippen LogP contribution >= 0.6 is 0 Å². The van der Waals surface area contributed by atoms with Crippen molar-refractivity contribution in [3.63, 3.8) is 0 Å². The monoisotopic (exact) mass is 503 g/mol. The molecule has 2 aliphatic rings. The lowest BCUT2D eigenvalue weighted by Gasteiger charge is -2.40. The molecule has 2 N–H and O–H groups in total. The predicted octanol–water partition coefficient (Wildman–Crippen LogP) is 3.84. The summed E-state index contributed by atoms with van der Waals surface area (Å²) in [7, 11) is 0. The Kier molecular flexibility index (Phi) is 6.19. The van der Waals surface area contributed by atoms with E-state index in [2.05, 4.69) is 15.4 Å². The lowest BCUT2D eigenvalue weighted by Crippen LogP contribution is -2.52. The van der Waals surface area contributed by atoms with Crippen LogP contribution in [0.2, 0.25) is 0 Å². The molecule has 36 heavy (non-hydrogen) atoms. The second-order valence-electron chi connectivity index (χ2n) is 9.43. The van der Waals surface area contributed by atoms with Gasteiger partial charge >= 0.3 is 0 Å². The molecule has 4 heterocycles. The van der Waals surface area contributed by atoms with Gasteiger partial charge in [0, 0.05) is 62.1 Å². The van der Waals surface area contributed by atoms with Crippen LogP contribution in [0, 0.1) is 11.6 Å². The zero-order valence-corrected chi connectivity index (χ0v) is 19.5. The van der Waals surface area contributed by atoms with Crippen molar-refractivity contribution >= 4 is 11.7 Å². The van der Waals surface area contributed by atoms with Gasteiger partial charge in [0.05, 0.1) is 12.0 Å². The Morgan fingerprint density at radius 3 is 2.58 bits per heavy atom. The maximum absolute atomic E-state index is 14.7. The zero-order valence-electron chi connectivity index (χ0n) is 19.5. The Bertz CT molecular complexity index is 1310. The zero-order chi connectivity index (χ0) is 25.6. The van der Waals surface area contributed by atoms with Gasteiger partial charge in [0.2, 0.25) is 11.5 Å². The van der Waals surface area contributed by atoms with Gasteiger partial charge in [-0.1, -0.05) is 6.07 Å². The van der Waals surface area contributed by atoms with Gasteiger partial charge in [0.25, 0.3) is 5.92 Å². The first-order valence-electron chi connectivity index (χ1n) is 11.8. The minimum absolute atomic E-state index is 0.0361. The summed E-state index contributed by atoms with van der Waals surface area (Å²) in [5, 5.41) is 7.15. The van der Waals surface area contributed by atoms with Gasteiger partial charge < -0.3 is 10.3 Å². The maximum Gasteiger partial charge on any atom is 0.257 e. The average Bonchev–Trinajstić information content (AvgIpc) is 3.39. The third-order valence-electron chi connectivity index (χ3n) is 7.13. The summed E-state index contributed by atoms with van der Waals surface area (Å²) in [6.07, 6.45) is 1.51. The number of carbonyl (C=O) groups excluding carboxylic acids is 1. The van der Waals surface area contributed by atoms with E-state index in [1.165, 1.54) is 30.5 Å². The van der Waals surface area contributed by atoms with Crippen molar-refractivity contribution in [2.45, 2.75) is 50.1 Å². The summed E-state index contributed by atoms with van der Waals surface area (Å²) in [6.45, 7) is 2.16. The largest absolute Gasteiger partial charge is 0.329 e. The minimum atomic E-state index is -2.97. The smallest absolute Gasteiger partial charge is 0.257 e. The lowest BCUT2D eigenvalue weighted by atomic mass is 9.87. The van der Waals surface area contributed by atoms with E-state index in [4.69, 9.17) is 0 Å². The number of nitrogens with one attached hydrogen (secondary N) is 2. The number of aryl methyl sites for hydroxylation is 1. The van der Waals surface area contributed by atoms with Crippen molar-refractivity contribution in [2.24, 2.45) is 0 Å². The minimum Gasteiger partial charge on any atom is -0.329 e. The number of nitrogens with zero attached hydrogens (tertiary/aromatic N) is 3. The number of alkyl halides is 2. The van der Waals surface area contributed by atoms with Crippen LogP contribution in [0.3, 0.4) is 0 Å². The molecule has 190 valence electrons. The fraction of sp³-hybridized carbons (Fsp3) is 0.400. The van der Waals surface area contributed by atoms with Crippen LogP contribution in [0.15, 0.2) is 47.4 Å². The first-order valence-corrected chi connectivity index (χ1v) is 11.8. The SMILES string of the molecule is C[C@@H](C(=O)Nc1cc2n(n1)CC[C@@H]2c1cc(F)cc(F)c1)N1CCC(F)(F)[C@@H](c2ccc(=O)[nH]c2)C1. The summed E-state index contributed by atoms with van der Waals surface area (Å²) in [5.74, 6) is -5.81. The van der Waals surface area contributed by atoms with Gasteiger partial charge in [-0.2, -0.15) is 5.10 Å². The Hall–Kier alpha value is -3.47. The summed E-state index contributed by atoms with van der Waals surface area (Å²) in [5.41, 5.74) is 1.17. The molecule has 1 aromatic carbocycles. The second kappa shape index (κ2) is 9.20. The highest BCUT2D eigenvalue weighted by atomic mass is 19.3. The number of H-pyrrole nitrogens is 1. The molecule has 0 bridgehead atoms. The highest BCUT2D eigenvalue weighted by Crippen LogP contribution is 2.40. The highest BCUT2D eigenvalue weighted by Gasteiger charge is 2.46. The van der Waals surface area contributed by atoms with Crippen molar-refractivity contribution in [3.05, 3.63) is 81.4 Å². The van der Waals surface area contributed by atoms with Crippen LogP contribution in [0.5, 0.6) is 0 Å². The van der Waals surface area contributed by atoms with E-state index in [9.17, 15) is 27.2 Å². The molecule has 0 saturated carbocycles. The molecule has 2 aromatic heterocycles. The number of fused-ring (bicyclic) bond motifs is 1. The highest BCUT2D eigenvalue weighted by molar-refractivity contribution is 5.93. The third kappa shape index (κ3) is 4.67. The van der Waals surface area contributed by atoms with Crippen LogP contribution in [0.4, 0.5) is 23.4 Å². The van der Waals surface area contributed by atoms with E-state index < -0.39 is 41.8 Å². The van der Waals surface area contributed by atoms with Crippen molar-refractivity contribution in [1.82, 2.24) is 19.7 Å². The summed E-state index contributed by atoms with van der Waals surface area (Å²) >= 11 is 0. The molecular weight excluding hydrogens is 478 g/mol. The van der Waals surface area contributed by atoms with Gasteiger partial charge in [-0.25, -0.2) is 17.6 Å². The number of hydrogen-bond donors (Lipinski definition) is 2. The number of amides is 1. The fourth-order valence-corrected chi connectivity index (χ4v) is 5.13. The van der Waals surface area contributed by atoms with E-state index in [0.29, 0.717) is 29.9 Å². The molecule has 0 unspecified atom stereocenters. The van der Waals surface area contributed by atoms with Crippen molar-refractivity contribution < 1.29 is 22.4 Å². The number of likely N-dealkylation sites (tertiary alicyclic amines) is 1. The number of piperidine rings is 1.